The molecule has 0 aromatic rings. The van der Waals surface area contributed by atoms with E-state index in [1.165, 1.54) is 64.2 Å². The lowest BCUT2D eigenvalue weighted by Gasteiger charge is -2.10. The molecule has 0 radical (unpaired) electrons. The minimum absolute atomic E-state index is 0.266. The lowest BCUT2D eigenvalue weighted by Crippen LogP contribution is -2.15. The van der Waals surface area contributed by atoms with Crippen molar-refractivity contribution in [2.45, 2.75) is 110 Å². The van der Waals surface area contributed by atoms with Crippen molar-refractivity contribution >= 4 is 0 Å². The molecule has 2 nitrogen and oxygen atoms in total. The lowest BCUT2D eigenvalue weighted by molar-refractivity contribution is 0.0316. The van der Waals surface area contributed by atoms with Crippen LogP contribution in [-0.4, -0.2) is 24.4 Å². The fraction of sp³-hybridized carbons (Fsp3) is 0.826. The van der Waals surface area contributed by atoms with E-state index in [9.17, 15) is 5.11 Å². The van der Waals surface area contributed by atoms with Crippen LogP contribution in [-0.2, 0) is 4.74 Å². The number of hydrogen-bond acceptors (Lipinski definition) is 2. The quantitative estimate of drug-likeness (QED) is 0.201. The van der Waals surface area contributed by atoms with Gasteiger partial charge in [-0.1, -0.05) is 83.1 Å². The first kappa shape index (κ1) is 24.4. The molecule has 148 valence electrons. The zero-order valence-corrected chi connectivity index (χ0v) is 17.1. The maximum absolute atomic E-state index is 9.75. The third-order valence-corrected chi connectivity index (χ3v) is 4.40. The molecule has 0 aliphatic heterocycles. The van der Waals surface area contributed by atoms with Gasteiger partial charge in [-0.25, -0.2) is 0 Å². The number of aliphatic hydroxyl groups is 1. The zero-order chi connectivity index (χ0) is 18.4. The Morgan fingerprint density at radius 2 is 1.32 bits per heavy atom. The van der Waals surface area contributed by atoms with Crippen LogP contribution < -0.4 is 0 Å². The number of unbranched alkanes of at least 4 members (excludes halogenated alkanes) is 9. The maximum Gasteiger partial charge on any atom is 0.0773 e. The third-order valence-electron chi connectivity index (χ3n) is 4.40. The Hall–Kier alpha value is -0.600. The van der Waals surface area contributed by atoms with Crippen molar-refractivity contribution in [3.8, 4) is 0 Å². The van der Waals surface area contributed by atoms with Crippen LogP contribution >= 0.6 is 0 Å². The lowest BCUT2D eigenvalue weighted by atomic mass is 10.1. The normalized spacial score (nSPS) is 13.2. The number of ether oxygens (including phenoxy) is 1. The second-order valence-electron chi connectivity index (χ2n) is 7.10. The number of allylic oxidation sites excluding steroid dienone is 4. The molecule has 1 atom stereocenters. The fourth-order valence-corrected chi connectivity index (χ4v) is 2.82. The van der Waals surface area contributed by atoms with Gasteiger partial charge in [0.05, 0.1) is 12.7 Å². The first-order valence-corrected chi connectivity index (χ1v) is 10.9. The molecule has 0 aliphatic rings. The molecule has 0 aromatic heterocycles. The fourth-order valence-electron chi connectivity index (χ4n) is 2.82. The summed E-state index contributed by atoms with van der Waals surface area (Å²) < 4.78 is 5.36. The van der Waals surface area contributed by atoms with Crippen LogP contribution in [0.5, 0.6) is 0 Å². The number of hydrogen-bond donors (Lipinski definition) is 1. The minimum Gasteiger partial charge on any atom is -0.391 e. The van der Waals surface area contributed by atoms with Crippen molar-refractivity contribution in [2.75, 3.05) is 13.2 Å². The van der Waals surface area contributed by atoms with Crippen LogP contribution in [0.3, 0.4) is 0 Å². The summed E-state index contributed by atoms with van der Waals surface area (Å²) in [6.45, 7) is 5.62. The summed E-state index contributed by atoms with van der Waals surface area (Å²) in [5.41, 5.74) is 0. The van der Waals surface area contributed by atoms with E-state index in [0.717, 1.165) is 32.3 Å². The molecule has 0 aliphatic carbocycles. The van der Waals surface area contributed by atoms with Crippen LogP contribution in [0.15, 0.2) is 24.3 Å². The van der Waals surface area contributed by atoms with Gasteiger partial charge in [0.15, 0.2) is 0 Å². The first-order chi connectivity index (χ1) is 12.3. The Bertz CT molecular complexity index is 296. The molecular formula is C23H44O2. The molecule has 0 bridgehead atoms. The topological polar surface area (TPSA) is 29.5 Å². The van der Waals surface area contributed by atoms with Gasteiger partial charge in [-0.05, 0) is 44.9 Å². The largest absolute Gasteiger partial charge is 0.391 e. The highest BCUT2D eigenvalue weighted by molar-refractivity contribution is 4.92. The van der Waals surface area contributed by atoms with E-state index < -0.39 is 0 Å². The van der Waals surface area contributed by atoms with Gasteiger partial charge < -0.3 is 9.84 Å². The third kappa shape index (κ3) is 21.4. The summed E-state index contributed by atoms with van der Waals surface area (Å²) in [5, 5.41) is 9.75. The standard InChI is InChI=1S/C23H44O2/c1-3-5-6-7-8-9-10-11-12-13-14-15-16-17-18-19-20-23(24)22-25-21-4-2/h8-9,11-12,23-24H,3-7,10,13-22H2,1-2H3/b9-8-,12-11-. The number of rotatable bonds is 19. The Labute approximate surface area is 157 Å². The average Bonchev–Trinajstić information content (AvgIpc) is 2.61. The molecule has 1 N–H and O–H groups in total. The van der Waals surface area contributed by atoms with Crippen molar-refractivity contribution < 1.29 is 9.84 Å². The molecule has 0 fully saturated rings. The molecular weight excluding hydrogens is 308 g/mol. The van der Waals surface area contributed by atoms with Crippen molar-refractivity contribution in [1.82, 2.24) is 0 Å². The molecule has 0 amide bonds. The summed E-state index contributed by atoms with van der Waals surface area (Å²) in [6.07, 6.45) is 26.1. The van der Waals surface area contributed by atoms with Gasteiger partial charge >= 0.3 is 0 Å². The predicted molar refractivity (Wildman–Crippen MR) is 111 cm³/mol. The highest BCUT2D eigenvalue weighted by Gasteiger charge is 2.03. The Morgan fingerprint density at radius 1 is 0.720 bits per heavy atom. The van der Waals surface area contributed by atoms with E-state index in [1.807, 2.05) is 0 Å². The molecule has 0 rings (SSSR count). The summed E-state index contributed by atoms with van der Waals surface area (Å²) >= 11 is 0. The van der Waals surface area contributed by atoms with Gasteiger partial charge in [0.1, 0.15) is 0 Å². The van der Waals surface area contributed by atoms with Gasteiger partial charge in [-0.15, -0.1) is 0 Å². The Morgan fingerprint density at radius 3 is 1.96 bits per heavy atom. The summed E-state index contributed by atoms with van der Waals surface area (Å²) in [6, 6.07) is 0. The van der Waals surface area contributed by atoms with Crippen LogP contribution in [0.1, 0.15) is 104 Å². The van der Waals surface area contributed by atoms with Gasteiger partial charge in [0, 0.05) is 6.61 Å². The smallest absolute Gasteiger partial charge is 0.0773 e. The molecule has 0 aromatic carbocycles. The second kappa shape index (κ2) is 21.4. The highest BCUT2D eigenvalue weighted by atomic mass is 16.5. The van der Waals surface area contributed by atoms with Crippen molar-refractivity contribution in [3.05, 3.63) is 24.3 Å². The van der Waals surface area contributed by atoms with Crippen LogP contribution in [0.25, 0.3) is 0 Å². The van der Waals surface area contributed by atoms with E-state index in [-0.39, 0.29) is 6.10 Å². The predicted octanol–water partition coefficient (Wildman–Crippen LogP) is 6.98. The molecule has 25 heavy (non-hydrogen) atoms. The monoisotopic (exact) mass is 352 g/mol. The molecule has 1 unspecified atom stereocenters. The summed E-state index contributed by atoms with van der Waals surface area (Å²) in [4.78, 5) is 0. The van der Waals surface area contributed by atoms with Crippen molar-refractivity contribution in [1.29, 1.82) is 0 Å². The van der Waals surface area contributed by atoms with E-state index in [4.69, 9.17) is 4.74 Å². The molecule has 2 heteroatoms. The second-order valence-corrected chi connectivity index (χ2v) is 7.10. The Kier molecular flexibility index (Phi) is 20.9. The first-order valence-electron chi connectivity index (χ1n) is 10.9. The Balaban J connectivity index is 3.21. The molecule has 0 saturated heterocycles. The van der Waals surface area contributed by atoms with Gasteiger partial charge in [-0.2, -0.15) is 0 Å². The zero-order valence-electron chi connectivity index (χ0n) is 17.1. The van der Waals surface area contributed by atoms with Crippen LogP contribution in [0.2, 0.25) is 0 Å². The van der Waals surface area contributed by atoms with Crippen molar-refractivity contribution in [3.63, 3.8) is 0 Å². The van der Waals surface area contributed by atoms with E-state index in [1.54, 1.807) is 0 Å². The maximum atomic E-state index is 9.75. The molecule has 0 heterocycles. The van der Waals surface area contributed by atoms with Crippen molar-refractivity contribution in [2.24, 2.45) is 0 Å². The summed E-state index contributed by atoms with van der Waals surface area (Å²) in [5.74, 6) is 0. The van der Waals surface area contributed by atoms with Gasteiger partial charge in [0.25, 0.3) is 0 Å². The van der Waals surface area contributed by atoms with Crippen LogP contribution in [0.4, 0.5) is 0 Å². The van der Waals surface area contributed by atoms with Gasteiger partial charge in [-0.3, -0.25) is 0 Å². The van der Waals surface area contributed by atoms with E-state index in [0.29, 0.717) is 6.61 Å². The van der Waals surface area contributed by atoms with E-state index in [2.05, 4.69) is 38.2 Å². The van der Waals surface area contributed by atoms with Crippen LogP contribution in [0, 0.1) is 0 Å². The molecule has 0 saturated carbocycles. The number of aliphatic hydroxyl groups excluding tert-OH is 1. The summed E-state index contributed by atoms with van der Waals surface area (Å²) in [7, 11) is 0. The molecule has 0 spiro atoms. The SMILES string of the molecule is CCCCC/C=C\C/C=C\CCCCCCCCC(O)COCCC. The average molecular weight is 353 g/mol. The minimum atomic E-state index is -0.266. The van der Waals surface area contributed by atoms with E-state index >= 15 is 0 Å². The highest BCUT2D eigenvalue weighted by Crippen LogP contribution is 2.10. The van der Waals surface area contributed by atoms with Gasteiger partial charge in [0.2, 0.25) is 0 Å².